The van der Waals surface area contributed by atoms with Gasteiger partial charge >= 0.3 is 0 Å². The van der Waals surface area contributed by atoms with Crippen LogP contribution in [-0.2, 0) is 0 Å². The second kappa shape index (κ2) is 9.31. The number of hydrogen-bond acceptors (Lipinski definition) is 6. The van der Waals surface area contributed by atoms with E-state index in [9.17, 15) is 14.9 Å². The van der Waals surface area contributed by atoms with Gasteiger partial charge < -0.3 is 10.1 Å². The van der Waals surface area contributed by atoms with Crippen molar-refractivity contribution >= 4 is 11.6 Å². The van der Waals surface area contributed by atoms with Crippen LogP contribution in [0.4, 0.5) is 5.69 Å². The number of nitro benzene ring substituents is 1. The van der Waals surface area contributed by atoms with Crippen LogP contribution in [0.25, 0.3) is 5.69 Å². The van der Waals surface area contributed by atoms with E-state index in [1.165, 1.54) is 16.8 Å². The van der Waals surface area contributed by atoms with Gasteiger partial charge in [0.05, 0.1) is 29.5 Å². The maximum absolute atomic E-state index is 13.2. The lowest BCUT2D eigenvalue weighted by Gasteiger charge is -2.20. The van der Waals surface area contributed by atoms with E-state index in [0.29, 0.717) is 17.1 Å². The molecular formula is C24H21N5O4. The van der Waals surface area contributed by atoms with Crippen molar-refractivity contribution in [2.24, 2.45) is 0 Å². The zero-order chi connectivity index (χ0) is 23.4. The quantitative estimate of drug-likeness (QED) is 0.341. The summed E-state index contributed by atoms with van der Waals surface area (Å²) in [4.78, 5) is 23.8. The van der Waals surface area contributed by atoms with E-state index in [1.807, 2.05) is 54.6 Å². The topological polar surface area (TPSA) is 112 Å². The minimum Gasteiger partial charge on any atom is -0.497 e. The number of methoxy groups -OCH3 is 1. The second-order valence-corrected chi connectivity index (χ2v) is 7.30. The van der Waals surface area contributed by atoms with Crippen molar-refractivity contribution in [1.82, 2.24) is 20.3 Å². The van der Waals surface area contributed by atoms with Crippen LogP contribution < -0.4 is 10.1 Å². The molecular weight excluding hydrogens is 422 g/mol. The fourth-order valence-corrected chi connectivity index (χ4v) is 3.52. The molecule has 1 unspecified atom stereocenters. The van der Waals surface area contributed by atoms with Crippen molar-refractivity contribution in [3.8, 4) is 11.4 Å². The Bertz CT molecular complexity index is 1290. The molecule has 4 aromatic rings. The van der Waals surface area contributed by atoms with Gasteiger partial charge in [-0.15, -0.1) is 5.10 Å². The first-order valence-corrected chi connectivity index (χ1v) is 10.1. The monoisotopic (exact) mass is 443 g/mol. The molecule has 0 bridgehead atoms. The zero-order valence-electron chi connectivity index (χ0n) is 18.0. The van der Waals surface area contributed by atoms with Gasteiger partial charge in [0.2, 0.25) is 0 Å². The Balaban J connectivity index is 1.65. The van der Waals surface area contributed by atoms with E-state index in [1.54, 1.807) is 26.2 Å². The number of amides is 1. The molecule has 9 heteroatoms. The Kier molecular flexibility index (Phi) is 6.12. The molecule has 33 heavy (non-hydrogen) atoms. The van der Waals surface area contributed by atoms with Gasteiger partial charge in [0.15, 0.2) is 5.69 Å². The number of benzene rings is 3. The van der Waals surface area contributed by atoms with Crippen molar-refractivity contribution < 1.29 is 14.5 Å². The van der Waals surface area contributed by atoms with Crippen LogP contribution >= 0.6 is 0 Å². The third-order valence-corrected chi connectivity index (χ3v) is 5.25. The number of nitrogens with zero attached hydrogens (tertiary/aromatic N) is 4. The third-order valence-electron chi connectivity index (χ3n) is 5.25. The number of ether oxygens (including phenoxy) is 1. The molecule has 3 aromatic carbocycles. The van der Waals surface area contributed by atoms with Crippen LogP contribution in [-0.4, -0.2) is 32.9 Å². The highest BCUT2D eigenvalue weighted by molar-refractivity contribution is 5.93. The summed E-state index contributed by atoms with van der Waals surface area (Å²) >= 11 is 0. The molecule has 166 valence electrons. The van der Waals surface area contributed by atoms with Crippen LogP contribution in [0.2, 0.25) is 0 Å². The number of nitrogens with one attached hydrogen (secondary N) is 1. The number of rotatable bonds is 7. The molecule has 0 saturated carbocycles. The second-order valence-electron chi connectivity index (χ2n) is 7.30. The molecule has 0 spiro atoms. The Morgan fingerprint density at radius 1 is 1.03 bits per heavy atom. The summed E-state index contributed by atoms with van der Waals surface area (Å²) in [6.45, 7) is 1.69. The van der Waals surface area contributed by atoms with Gasteiger partial charge in [-0.1, -0.05) is 53.7 Å². The minimum atomic E-state index is -0.483. The van der Waals surface area contributed by atoms with E-state index in [4.69, 9.17) is 4.74 Å². The van der Waals surface area contributed by atoms with E-state index in [2.05, 4.69) is 15.6 Å². The normalized spacial score (nSPS) is 11.6. The maximum atomic E-state index is 13.2. The summed E-state index contributed by atoms with van der Waals surface area (Å²) in [6, 6.07) is 22.6. The van der Waals surface area contributed by atoms with Crippen molar-refractivity contribution in [3.63, 3.8) is 0 Å². The molecule has 4 rings (SSSR count). The first-order chi connectivity index (χ1) is 16.0. The Morgan fingerprint density at radius 2 is 1.73 bits per heavy atom. The predicted octanol–water partition coefficient (Wildman–Crippen LogP) is 4.01. The Morgan fingerprint density at radius 3 is 2.39 bits per heavy atom. The lowest BCUT2D eigenvalue weighted by atomic mass is 9.98. The lowest BCUT2D eigenvalue weighted by molar-refractivity contribution is -0.384. The zero-order valence-corrected chi connectivity index (χ0v) is 18.0. The summed E-state index contributed by atoms with van der Waals surface area (Å²) in [5, 5.41) is 22.2. The van der Waals surface area contributed by atoms with Crippen molar-refractivity contribution in [3.05, 3.63) is 111 Å². The summed E-state index contributed by atoms with van der Waals surface area (Å²) in [5.41, 5.74) is 2.75. The summed E-state index contributed by atoms with van der Waals surface area (Å²) in [5.74, 6) is 0.307. The highest BCUT2D eigenvalue weighted by atomic mass is 16.6. The van der Waals surface area contributed by atoms with Gasteiger partial charge in [-0.25, -0.2) is 4.68 Å². The SMILES string of the molecule is COc1ccc(C(NC(=O)c2nnn(-c3cccc([N+](=O)[O-])c3)c2C)c2ccccc2)cc1. The number of non-ortho nitro benzene ring substituents is 1. The fraction of sp³-hybridized carbons (Fsp3) is 0.125. The first kappa shape index (κ1) is 21.7. The molecule has 0 aliphatic carbocycles. The summed E-state index contributed by atoms with van der Waals surface area (Å²) in [6.07, 6.45) is 0. The molecule has 0 fully saturated rings. The first-order valence-electron chi connectivity index (χ1n) is 10.1. The highest BCUT2D eigenvalue weighted by Crippen LogP contribution is 2.25. The van der Waals surface area contributed by atoms with E-state index < -0.39 is 16.9 Å². The van der Waals surface area contributed by atoms with E-state index in [-0.39, 0.29) is 11.4 Å². The van der Waals surface area contributed by atoms with E-state index in [0.717, 1.165) is 11.1 Å². The highest BCUT2D eigenvalue weighted by Gasteiger charge is 2.23. The minimum absolute atomic E-state index is 0.0722. The van der Waals surface area contributed by atoms with Crippen molar-refractivity contribution in [2.45, 2.75) is 13.0 Å². The average molecular weight is 443 g/mol. The number of hydrogen-bond donors (Lipinski definition) is 1. The van der Waals surface area contributed by atoms with Gasteiger partial charge in [0.1, 0.15) is 5.75 Å². The van der Waals surface area contributed by atoms with Crippen LogP contribution in [0.15, 0.2) is 78.9 Å². The summed E-state index contributed by atoms with van der Waals surface area (Å²) in [7, 11) is 1.60. The number of carbonyl (C=O) groups is 1. The molecule has 0 aliphatic rings. The summed E-state index contributed by atoms with van der Waals surface area (Å²) < 4.78 is 6.65. The Hall–Kier alpha value is -4.53. The van der Waals surface area contributed by atoms with Gasteiger partial charge in [-0.2, -0.15) is 0 Å². The van der Waals surface area contributed by atoms with Crippen LogP contribution in [0.3, 0.4) is 0 Å². The Labute approximate surface area is 189 Å². The van der Waals surface area contributed by atoms with Gasteiger partial charge in [0.25, 0.3) is 11.6 Å². The molecule has 1 atom stereocenters. The fourth-order valence-electron chi connectivity index (χ4n) is 3.52. The standard InChI is InChI=1S/C24H21N5O4/c1-16-22(26-27-28(16)19-9-6-10-20(15-19)29(31)32)24(30)25-23(17-7-4-3-5-8-17)18-11-13-21(33-2)14-12-18/h3-15,23H,1-2H3,(H,25,30). The number of nitro groups is 1. The molecule has 9 nitrogen and oxygen atoms in total. The average Bonchev–Trinajstić information content (AvgIpc) is 3.24. The molecule has 0 radical (unpaired) electrons. The molecule has 1 aromatic heterocycles. The van der Waals surface area contributed by atoms with Crippen molar-refractivity contribution in [1.29, 1.82) is 0 Å². The van der Waals surface area contributed by atoms with Gasteiger partial charge in [-0.3, -0.25) is 14.9 Å². The van der Waals surface area contributed by atoms with Crippen LogP contribution in [0.5, 0.6) is 5.75 Å². The molecule has 0 aliphatic heterocycles. The largest absolute Gasteiger partial charge is 0.497 e. The van der Waals surface area contributed by atoms with Crippen LogP contribution in [0, 0.1) is 17.0 Å². The molecule has 1 heterocycles. The third kappa shape index (κ3) is 4.57. The van der Waals surface area contributed by atoms with E-state index >= 15 is 0 Å². The lowest BCUT2D eigenvalue weighted by Crippen LogP contribution is -2.30. The van der Waals surface area contributed by atoms with Gasteiger partial charge in [0, 0.05) is 12.1 Å². The smallest absolute Gasteiger partial charge is 0.274 e. The molecule has 1 N–H and O–H groups in total. The van der Waals surface area contributed by atoms with Crippen molar-refractivity contribution in [2.75, 3.05) is 7.11 Å². The molecule has 0 saturated heterocycles. The van der Waals surface area contributed by atoms with Crippen LogP contribution in [0.1, 0.15) is 33.4 Å². The maximum Gasteiger partial charge on any atom is 0.274 e. The molecule has 1 amide bonds. The number of aromatic nitrogens is 3. The van der Waals surface area contributed by atoms with Gasteiger partial charge in [-0.05, 0) is 36.2 Å². The predicted molar refractivity (Wildman–Crippen MR) is 121 cm³/mol. The number of carbonyl (C=O) groups excluding carboxylic acids is 1.